The van der Waals surface area contributed by atoms with Crippen LogP contribution in [0.25, 0.3) is 0 Å². The Bertz CT molecular complexity index is 815. The standard InChI is InChI=1S/C14H19N5O6S.H2O/c1-4-7-18(8-5-2)11-9-10(15)19(25-26(22,23)24)13(17-11)12(20)14(21)16-6-3;/h4-5,9,15H,1-2,6-8H2,3H3,(H2,16,21,22,23,24);1H2. The van der Waals surface area contributed by atoms with Crippen molar-refractivity contribution in [1.82, 2.24) is 10.3 Å². The zero-order chi connectivity index (χ0) is 19.9. The fourth-order valence-corrected chi connectivity index (χ4v) is 2.24. The lowest BCUT2D eigenvalue weighted by Gasteiger charge is -2.18. The van der Waals surface area contributed by atoms with Gasteiger partial charge in [-0.25, -0.2) is 4.28 Å². The summed E-state index contributed by atoms with van der Waals surface area (Å²) >= 11 is 0. The molecule has 0 aromatic carbocycles. The van der Waals surface area contributed by atoms with Crippen LogP contribution in [0.5, 0.6) is 0 Å². The van der Waals surface area contributed by atoms with Crippen molar-refractivity contribution in [3.8, 4) is 0 Å². The molecule has 1 rings (SSSR count). The second kappa shape index (κ2) is 10.2. The fourth-order valence-electron chi connectivity index (χ4n) is 1.89. The Balaban J connectivity index is 0.00000676. The highest BCUT2D eigenvalue weighted by atomic mass is 32.3. The van der Waals surface area contributed by atoms with E-state index in [-0.39, 0.29) is 22.6 Å². The number of anilines is 2. The van der Waals surface area contributed by atoms with E-state index < -0.39 is 33.7 Å². The SMILES string of the molecule is C=CCN(CC=C)c1cc(N)[n+](OS(=O)(=O)O)c(C(=O)C(=O)NCC)n1.[OH-]. The van der Waals surface area contributed by atoms with Gasteiger partial charge < -0.3 is 21.4 Å². The molecule has 0 radical (unpaired) electrons. The molecule has 0 unspecified atom stereocenters. The monoisotopic (exact) mass is 403 g/mol. The van der Waals surface area contributed by atoms with E-state index >= 15 is 0 Å². The number of rotatable bonds is 10. The normalized spacial score (nSPS) is 10.3. The van der Waals surface area contributed by atoms with Gasteiger partial charge in [0.05, 0.1) is 6.07 Å². The number of hydrogen-bond donors (Lipinski definition) is 3. The lowest BCUT2D eigenvalue weighted by Crippen LogP contribution is -2.55. The molecule has 1 amide bonds. The smallest absolute Gasteiger partial charge is 0.476 e. The zero-order valence-electron chi connectivity index (χ0n) is 14.5. The summed E-state index contributed by atoms with van der Waals surface area (Å²) in [7, 11) is -5.03. The number of ketones is 1. The van der Waals surface area contributed by atoms with Crippen molar-refractivity contribution in [3.05, 3.63) is 37.2 Å². The van der Waals surface area contributed by atoms with Crippen molar-refractivity contribution in [1.29, 1.82) is 0 Å². The van der Waals surface area contributed by atoms with Crippen LogP contribution in [-0.4, -0.2) is 54.8 Å². The number of amides is 1. The minimum atomic E-state index is -5.03. The van der Waals surface area contributed by atoms with Gasteiger partial charge in [-0.05, 0) is 11.7 Å². The maximum absolute atomic E-state index is 12.3. The summed E-state index contributed by atoms with van der Waals surface area (Å²) in [5.41, 5.74) is 5.73. The van der Waals surface area contributed by atoms with Crippen molar-refractivity contribution >= 4 is 33.7 Å². The van der Waals surface area contributed by atoms with Gasteiger partial charge in [0, 0.05) is 19.6 Å². The van der Waals surface area contributed by atoms with Crippen LogP contribution in [-0.2, 0) is 15.2 Å². The molecule has 0 fully saturated rings. The van der Waals surface area contributed by atoms with Gasteiger partial charge in [-0.2, -0.15) is 8.42 Å². The van der Waals surface area contributed by atoms with E-state index in [0.29, 0.717) is 13.1 Å². The second-order valence-corrected chi connectivity index (χ2v) is 5.83. The molecular formula is C14H21N5O7S. The first-order valence-corrected chi connectivity index (χ1v) is 8.70. The van der Waals surface area contributed by atoms with Gasteiger partial charge in [0.1, 0.15) is 0 Å². The Kier molecular flexibility index (Phi) is 9.05. The number of nitrogens with one attached hydrogen (secondary N) is 1. The maximum atomic E-state index is 12.3. The first kappa shape index (κ1) is 24.0. The van der Waals surface area contributed by atoms with E-state index in [1.54, 1.807) is 24.0 Å². The topological polar surface area (TPSA) is 186 Å². The first-order chi connectivity index (χ1) is 12.1. The second-order valence-electron chi connectivity index (χ2n) is 4.83. The lowest BCUT2D eigenvalue weighted by molar-refractivity contribution is -0.848. The van der Waals surface area contributed by atoms with Gasteiger partial charge in [-0.3, -0.25) is 14.1 Å². The summed E-state index contributed by atoms with van der Waals surface area (Å²) < 4.78 is 35.5. The number of likely N-dealkylation sites (N-methyl/N-ethyl adjacent to an activating group) is 1. The third-order valence-electron chi connectivity index (χ3n) is 2.86. The quantitative estimate of drug-likeness (QED) is 0.136. The van der Waals surface area contributed by atoms with E-state index in [0.717, 1.165) is 0 Å². The van der Waals surface area contributed by atoms with Crippen molar-refractivity contribution in [2.75, 3.05) is 30.3 Å². The Hall–Kier alpha value is -3.03. The molecule has 5 N–H and O–H groups in total. The van der Waals surface area contributed by atoms with Crippen LogP contribution in [0.2, 0.25) is 0 Å². The molecule has 0 saturated heterocycles. The molecule has 1 aromatic rings. The van der Waals surface area contributed by atoms with Crippen LogP contribution in [0.1, 0.15) is 17.5 Å². The highest BCUT2D eigenvalue weighted by Crippen LogP contribution is 2.14. The van der Waals surface area contributed by atoms with Crippen LogP contribution < -0.4 is 25.0 Å². The lowest BCUT2D eigenvalue weighted by atomic mass is 10.3. The largest absolute Gasteiger partial charge is 0.870 e. The van der Waals surface area contributed by atoms with E-state index in [4.69, 9.17) is 10.3 Å². The summed E-state index contributed by atoms with van der Waals surface area (Å²) in [6, 6.07) is 1.20. The van der Waals surface area contributed by atoms with E-state index in [1.165, 1.54) is 6.07 Å². The molecule has 13 heteroatoms. The molecule has 0 spiro atoms. The van der Waals surface area contributed by atoms with E-state index in [2.05, 4.69) is 27.7 Å². The van der Waals surface area contributed by atoms with Crippen molar-refractivity contribution in [3.63, 3.8) is 0 Å². The summed E-state index contributed by atoms with van der Waals surface area (Å²) in [6.07, 6.45) is 3.12. The van der Waals surface area contributed by atoms with Gasteiger partial charge in [0.25, 0.3) is 11.7 Å². The van der Waals surface area contributed by atoms with Gasteiger partial charge in [-0.15, -0.1) is 13.2 Å². The van der Waals surface area contributed by atoms with Gasteiger partial charge in [-0.1, -0.05) is 17.1 Å². The number of aromatic nitrogens is 2. The molecule has 12 nitrogen and oxygen atoms in total. The molecule has 0 aliphatic heterocycles. The van der Waals surface area contributed by atoms with Crippen molar-refractivity contribution in [2.45, 2.75) is 6.92 Å². The number of nitrogens with two attached hydrogens (primary N) is 1. The molecular weight excluding hydrogens is 382 g/mol. The van der Waals surface area contributed by atoms with Crippen molar-refractivity contribution < 1.29 is 37.1 Å². The fraction of sp³-hybridized carbons (Fsp3) is 0.286. The molecule has 0 aliphatic rings. The van der Waals surface area contributed by atoms with Crippen LogP contribution in [0.3, 0.4) is 0 Å². The number of hydrogen-bond acceptors (Lipinski definition) is 9. The van der Waals surface area contributed by atoms with Crippen molar-refractivity contribution in [2.24, 2.45) is 0 Å². The van der Waals surface area contributed by atoms with Crippen LogP contribution >= 0.6 is 0 Å². The summed E-state index contributed by atoms with van der Waals surface area (Å²) in [6.45, 7) is 9.54. The maximum Gasteiger partial charge on any atom is 0.476 e. The number of Topliss-reactive ketones (excluding diaryl/α,β-unsaturated/α-hetero) is 1. The molecule has 1 heterocycles. The van der Waals surface area contributed by atoms with Gasteiger partial charge >= 0.3 is 22.0 Å². The minimum absolute atomic E-state index is 0. The predicted octanol–water partition coefficient (Wildman–Crippen LogP) is -1.50. The Morgan fingerprint density at radius 3 is 2.41 bits per heavy atom. The minimum Gasteiger partial charge on any atom is -0.870 e. The molecule has 150 valence electrons. The number of nitrogens with zero attached hydrogens (tertiary/aromatic N) is 3. The average molecular weight is 403 g/mol. The van der Waals surface area contributed by atoms with E-state index in [9.17, 15) is 18.0 Å². The van der Waals surface area contributed by atoms with E-state index in [1.807, 2.05) is 0 Å². The summed E-state index contributed by atoms with van der Waals surface area (Å²) in [5, 5.41) is 2.26. The Morgan fingerprint density at radius 1 is 1.41 bits per heavy atom. The molecule has 0 aliphatic carbocycles. The number of carbonyl (C=O) groups excluding carboxylic acids is 2. The molecule has 0 atom stereocenters. The van der Waals surface area contributed by atoms with Gasteiger partial charge in [0.2, 0.25) is 5.82 Å². The Morgan fingerprint density at radius 2 is 1.96 bits per heavy atom. The summed E-state index contributed by atoms with van der Waals surface area (Å²) in [4.78, 5) is 29.7. The third-order valence-corrected chi connectivity index (χ3v) is 3.20. The Labute approximate surface area is 156 Å². The molecule has 0 bridgehead atoms. The number of carbonyl (C=O) groups is 2. The van der Waals surface area contributed by atoms with Gasteiger partial charge in [0.15, 0.2) is 0 Å². The molecule has 0 saturated carbocycles. The molecule has 27 heavy (non-hydrogen) atoms. The number of nitrogen functional groups attached to an aromatic ring is 1. The van der Waals surface area contributed by atoms with Crippen LogP contribution in [0.15, 0.2) is 31.4 Å². The summed E-state index contributed by atoms with van der Waals surface area (Å²) in [5.74, 6) is -3.24. The zero-order valence-corrected chi connectivity index (χ0v) is 15.3. The average Bonchev–Trinajstić information content (AvgIpc) is 2.54. The first-order valence-electron chi connectivity index (χ1n) is 7.33. The van der Waals surface area contributed by atoms with Crippen LogP contribution in [0.4, 0.5) is 11.6 Å². The predicted molar refractivity (Wildman–Crippen MR) is 94.5 cm³/mol. The highest BCUT2D eigenvalue weighted by molar-refractivity contribution is 7.80. The molecule has 1 aromatic heterocycles. The van der Waals surface area contributed by atoms with Crippen LogP contribution in [0, 0.1) is 0 Å². The highest BCUT2D eigenvalue weighted by Gasteiger charge is 2.33. The third kappa shape index (κ3) is 6.65.